The molecule has 3 aliphatic heterocycles. The van der Waals surface area contributed by atoms with E-state index >= 15 is 0 Å². The predicted octanol–water partition coefficient (Wildman–Crippen LogP) is 3.23. The Morgan fingerprint density at radius 2 is 1.83 bits per heavy atom. The molecule has 0 aromatic carbocycles. The highest BCUT2D eigenvalue weighted by molar-refractivity contribution is 8.02. The van der Waals surface area contributed by atoms with E-state index < -0.39 is 22.6 Å². The molecule has 36 heavy (non-hydrogen) atoms. The molecule has 1 N–H and O–H groups in total. The number of hydrogen-bond acceptors (Lipinski definition) is 5. The van der Waals surface area contributed by atoms with Gasteiger partial charge in [0.25, 0.3) is 0 Å². The van der Waals surface area contributed by atoms with E-state index in [-0.39, 0.29) is 41.7 Å². The molecule has 0 aromatic heterocycles. The number of rotatable bonds is 11. The maximum atomic E-state index is 14.4. The SMILES string of the molecule is C=CCN(CCC)C(=O)[C@@H]1[C@H]2C(=O)N(CCO)C(C(=O)N(CC=C)C3CCCCC3)C23CC[C@@]1(C)S3. The molecule has 1 spiro atoms. The number of thioether (sulfide) groups is 1. The van der Waals surface area contributed by atoms with E-state index in [0.717, 1.165) is 44.9 Å². The Balaban J connectivity index is 1.73. The summed E-state index contributed by atoms with van der Waals surface area (Å²) in [7, 11) is 0. The number of carbonyl (C=O) groups excluding carboxylic acids is 3. The topological polar surface area (TPSA) is 81.2 Å². The van der Waals surface area contributed by atoms with Crippen LogP contribution in [0.1, 0.15) is 65.2 Å². The van der Waals surface area contributed by atoms with Crippen molar-refractivity contribution in [2.45, 2.75) is 86.8 Å². The zero-order valence-corrected chi connectivity index (χ0v) is 22.8. The van der Waals surface area contributed by atoms with Crippen LogP contribution in [0.4, 0.5) is 0 Å². The van der Waals surface area contributed by atoms with E-state index in [9.17, 15) is 19.5 Å². The number of likely N-dealkylation sites (tertiary alicyclic amines) is 1. The summed E-state index contributed by atoms with van der Waals surface area (Å²) in [5, 5.41) is 9.89. The van der Waals surface area contributed by atoms with Gasteiger partial charge in [0, 0.05) is 37.0 Å². The summed E-state index contributed by atoms with van der Waals surface area (Å²) in [6.07, 6.45) is 11.2. The van der Waals surface area contributed by atoms with Gasteiger partial charge in [0.05, 0.1) is 23.2 Å². The average molecular weight is 518 g/mol. The van der Waals surface area contributed by atoms with Crippen LogP contribution in [-0.4, -0.2) is 91.9 Å². The molecule has 1 aliphatic carbocycles. The van der Waals surface area contributed by atoms with Gasteiger partial charge in [-0.3, -0.25) is 14.4 Å². The van der Waals surface area contributed by atoms with Crippen LogP contribution < -0.4 is 0 Å². The number of aliphatic hydroxyl groups excluding tert-OH is 1. The Kier molecular flexibility index (Phi) is 8.25. The third kappa shape index (κ3) is 4.32. The summed E-state index contributed by atoms with van der Waals surface area (Å²) < 4.78 is -1.03. The fourth-order valence-electron chi connectivity index (χ4n) is 7.45. The zero-order chi connectivity index (χ0) is 26.1. The molecule has 4 fully saturated rings. The molecule has 3 heterocycles. The molecule has 4 aliphatic rings. The molecule has 3 amide bonds. The minimum absolute atomic E-state index is 0.000972. The summed E-state index contributed by atoms with van der Waals surface area (Å²) in [5.74, 6) is -1.20. The van der Waals surface area contributed by atoms with Crippen molar-refractivity contribution in [2.75, 3.05) is 32.8 Å². The summed E-state index contributed by atoms with van der Waals surface area (Å²) in [6, 6.07) is -0.511. The lowest BCUT2D eigenvalue weighted by atomic mass is 9.66. The number of aliphatic hydroxyl groups is 1. The van der Waals surface area contributed by atoms with Gasteiger partial charge in [-0.2, -0.15) is 0 Å². The Bertz CT molecular complexity index is 890. The lowest BCUT2D eigenvalue weighted by molar-refractivity contribution is -0.146. The minimum Gasteiger partial charge on any atom is -0.395 e. The molecule has 3 saturated heterocycles. The second-order valence-corrected chi connectivity index (χ2v) is 13.0. The third-order valence-electron chi connectivity index (χ3n) is 8.90. The zero-order valence-electron chi connectivity index (χ0n) is 22.0. The van der Waals surface area contributed by atoms with Crippen LogP contribution in [0.5, 0.6) is 0 Å². The number of carbonyl (C=O) groups is 3. The van der Waals surface area contributed by atoms with E-state index in [0.29, 0.717) is 19.6 Å². The minimum atomic E-state index is -0.660. The van der Waals surface area contributed by atoms with Crippen LogP contribution in [0.15, 0.2) is 25.3 Å². The van der Waals surface area contributed by atoms with Crippen molar-refractivity contribution in [3.63, 3.8) is 0 Å². The van der Waals surface area contributed by atoms with Gasteiger partial charge in [-0.1, -0.05) is 38.3 Å². The second-order valence-electron chi connectivity index (χ2n) is 11.1. The lowest BCUT2D eigenvalue weighted by Crippen LogP contribution is -2.57. The van der Waals surface area contributed by atoms with E-state index in [2.05, 4.69) is 20.1 Å². The molecule has 7 nitrogen and oxygen atoms in total. The van der Waals surface area contributed by atoms with Crippen molar-refractivity contribution < 1.29 is 19.5 Å². The first-order chi connectivity index (χ1) is 17.3. The molecule has 5 atom stereocenters. The number of fused-ring (bicyclic) bond motifs is 1. The summed E-state index contributed by atoms with van der Waals surface area (Å²) >= 11 is 1.70. The largest absolute Gasteiger partial charge is 0.395 e. The van der Waals surface area contributed by atoms with Crippen LogP contribution in [-0.2, 0) is 14.4 Å². The van der Waals surface area contributed by atoms with Crippen molar-refractivity contribution >= 4 is 29.5 Å². The van der Waals surface area contributed by atoms with Crippen molar-refractivity contribution in [3.8, 4) is 0 Å². The van der Waals surface area contributed by atoms with E-state index in [1.807, 2.05) is 16.7 Å². The second kappa shape index (κ2) is 10.9. The normalized spacial score (nSPS) is 33.5. The van der Waals surface area contributed by atoms with Gasteiger partial charge < -0.3 is 19.8 Å². The molecular weight excluding hydrogens is 474 g/mol. The van der Waals surface area contributed by atoms with Crippen molar-refractivity contribution in [1.82, 2.24) is 14.7 Å². The first-order valence-electron chi connectivity index (χ1n) is 13.7. The predicted molar refractivity (Wildman–Crippen MR) is 143 cm³/mol. The van der Waals surface area contributed by atoms with Gasteiger partial charge in [0.15, 0.2) is 0 Å². The van der Waals surface area contributed by atoms with Gasteiger partial charge in [-0.25, -0.2) is 0 Å². The van der Waals surface area contributed by atoms with Gasteiger partial charge in [-0.05, 0) is 39.0 Å². The first-order valence-corrected chi connectivity index (χ1v) is 14.5. The molecule has 2 bridgehead atoms. The van der Waals surface area contributed by atoms with Crippen LogP contribution in [0.25, 0.3) is 0 Å². The highest BCUT2D eigenvalue weighted by atomic mass is 32.2. The van der Waals surface area contributed by atoms with Gasteiger partial charge >= 0.3 is 0 Å². The Morgan fingerprint density at radius 1 is 1.14 bits per heavy atom. The monoisotopic (exact) mass is 517 g/mol. The van der Waals surface area contributed by atoms with E-state index in [4.69, 9.17) is 0 Å². The van der Waals surface area contributed by atoms with Crippen molar-refractivity contribution in [2.24, 2.45) is 11.8 Å². The van der Waals surface area contributed by atoms with Crippen LogP contribution in [0.3, 0.4) is 0 Å². The van der Waals surface area contributed by atoms with E-state index in [1.165, 1.54) is 6.42 Å². The maximum Gasteiger partial charge on any atom is 0.247 e. The molecule has 2 unspecified atom stereocenters. The van der Waals surface area contributed by atoms with E-state index in [1.54, 1.807) is 28.8 Å². The van der Waals surface area contributed by atoms with Gasteiger partial charge in [-0.15, -0.1) is 24.9 Å². The fraction of sp³-hybridized carbons (Fsp3) is 0.750. The number of amides is 3. The molecule has 200 valence electrons. The number of nitrogens with zero attached hydrogens (tertiary/aromatic N) is 3. The average Bonchev–Trinajstić information content (AvgIpc) is 3.43. The number of β-amino-alcohol motifs (C(OH)–C–C–N with tert-alkyl or cyclic N) is 1. The highest BCUT2D eigenvalue weighted by Gasteiger charge is 2.77. The molecule has 0 aromatic rings. The van der Waals surface area contributed by atoms with Crippen molar-refractivity contribution in [3.05, 3.63) is 25.3 Å². The summed E-state index contributed by atoms with van der Waals surface area (Å²) in [6.45, 7) is 13.3. The summed E-state index contributed by atoms with van der Waals surface area (Å²) in [4.78, 5) is 47.8. The molecule has 0 radical (unpaired) electrons. The maximum absolute atomic E-state index is 14.4. The molecule has 1 saturated carbocycles. The Morgan fingerprint density at radius 3 is 2.44 bits per heavy atom. The van der Waals surface area contributed by atoms with Gasteiger partial charge in [0.1, 0.15) is 6.04 Å². The van der Waals surface area contributed by atoms with Crippen LogP contribution in [0.2, 0.25) is 0 Å². The third-order valence-corrected chi connectivity index (χ3v) is 10.9. The van der Waals surface area contributed by atoms with Gasteiger partial charge in [0.2, 0.25) is 17.7 Å². The quantitative estimate of drug-likeness (QED) is 0.426. The van der Waals surface area contributed by atoms with Crippen molar-refractivity contribution in [1.29, 1.82) is 0 Å². The number of hydrogen-bond donors (Lipinski definition) is 1. The summed E-state index contributed by atoms with van der Waals surface area (Å²) in [5.41, 5.74) is 0. The Hall–Kier alpha value is -1.80. The lowest BCUT2D eigenvalue weighted by Gasteiger charge is -2.41. The van der Waals surface area contributed by atoms with Crippen LogP contribution in [0, 0.1) is 11.8 Å². The fourth-order valence-corrected chi connectivity index (χ4v) is 9.79. The smallest absolute Gasteiger partial charge is 0.247 e. The molecule has 8 heteroatoms. The highest BCUT2D eigenvalue weighted by Crippen LogP contribution is 2.71. The Labute approximate surface area is 220 Å². The first kappa shape index (κ1) is 27.2. The van der Waals surface area contributed by atoms with Crippen LogP contribution >= 0.6 is 11.8 Å². The molecule has 4 rings (SSSR count). The standard InChI is InChI=1S/C28H43N3O4S/c1-5-15-29(16-6-2)24(33)21-22-25(34)31(18-19-32)23(28(22)14-13-27(21,4)36-28)26(35)30(17-7-3)20-11-9-8-10-12-20/h5,7,20-23,32H,1,3,6,8-19H2,2,4H3/t21-,22-,23?,27+,28?/m0/s1. The molecular formula is C28H43N3O4S.